The van der Waals surface area contributed by atoms with Gasteiger partial charge in [0.2, 0.25) is 0 Å². The third-order valence-corrected chi connectivity index (χ3v) is 13.1. The second-order valence-corrected chi connectivity index (χ2v) is 17.7. The molecule has 3 heteroatoms. The van der Waals surface area contributed by atoms with E-state index in [1.54, 1.807) is 0 Å². The zero-order valence-corrected chi connectivity index (χ0v) is 38.5. The lowest BCUT2D eigenvalue weighted by Crippen LogP contribution is -2.23. The Morgan fingerprint density at radius 3 is 1.73 bits per heavy atom. The molecular weight excluding hydrogens is 811 g/mol. The van der Waals surface area contributed by atoms with Crippen LogP contribution in [0.1, 0.15) is 56.2 Å². The quantitative estimate of drug-likeness (QED) is 0.107. The third kappa shape index (κ3) is 9.74. The van der Waals surface area contributed by atoms with Crippen molar-refractivity contribution >= 4 is 62.7 Å². The van der Waals surface area contributed by atoms with Crippen LogP contribution in [0, 0.1) is 5.92 Å². The van der Waals surface area contributed by atoms with Crippen LogP contribution in [-0.4, -0.2) is 0 Å². The summed E-state index contributed by atoms with van der Waals surface area (Å²) in [6, 6.07) is 70.6. The first kappa shape index (κ1) is 43.0. The molecule has 3 nitrogen and oxygen atoms in total. The second-order valence-electron chi connectivity index (χ2n) is 17.7. The molecule has 0 aliphatic heterocycles. The van der Waals surface area contributed by atoms with Gasteiger partial charge in [0.05, 0.1) is 0 Å². The molecule has 0 fully saturated rings. The van der Waals surface area contributed by atoms with Crippen LogP contribution in [0.3, 0.4) is 0 Å². The van der Waals surface area contributed by atoms with Crippen LogP contribution in [0.15, 0.2) is 242 Å². The molecule has 0 saturated carbocycles. The number of benzene rings is 8. The smallest absolute Gasteiger partial charge is 0.0467 e. The van der Waals surface area contributed by atoms with Crippen LogP contribution in [-0.2, 0) is 6.42 Å². The van der Waals surface area contributed by atoms with Crippen molar-refractivity contribution in [3.63, 3.8) is 0 Å². The minimum atomic E-state index is 0.692. The number of allylic oxidation sites excluding steroid dienone is 7. The lowest BCUT2D eigenvalue weighted by atomic mass is 9.93. The molecule has 0 heterocycles. The van der Waals surface area contributed by atoms with Gasteiger partial charge in [-0.3, -0.25) is 0 Å². The monoisotopic (exact) mass is 867 g/mol. The van der Waals surface area contributed by atoms with E-state index in [4.69, 9.17) is 0 Å². The lowest BCUT2D eigenvalue weighted by Gasteiger charge is -2.32. The molecule has 8 aromatic carbocycles. The molecule has 0 spiro atoms. The summed E-state index contributed by atoms with van der Waals surface area (Å²) in [6.07, 6.45) is 23.5. The van der Waals surface area contributed by atoms with Crippen LogP contribution in [0.4, 0.5) is 39.8 Å². The average Bonchev–Trinajstić information content (AvgIpc) is 3.39. The number of rotatable bonds is 13. The molecule has 10 rings (SSSR count). The highest BCUT2D eigenvalue weighted by molar-refractivity contribution is 5.86. The largest absolute Gasteiger partial charge is 0.315 e. The number of anilines is 7. The molecular formula is C64H57N3. The van der Waals surface area contributed by atoms with Crippen LogP contribution in [0.5, 0.6) is 0 Å². The van der Waals surface area contributed by atoms with Gasteiger partial charge in [-0.25, -0.2) is 0 Å². The molecule has 328 valence electrons. The minimum absolute atomic E-state index is 0.692. The van der Waals surface area contributed by atoms with Crippen molar-refractivity contribution in [1.82, 2.24) is 0 Å². The minimum Gasteiger partial charge on any atom is -0.315 e. The van der Waals surface area contributed by atoms with Crippen molar-refractivity contribution in [2.75, 3.05) is 14.7 Å². The Morgan fingerprint density at radius 2 is 1.10 bits per heavy atom. The Hall–Kier alpha value is -7.88. The molecule has 2 aliphatic rings. The van der Waals surface area contributed by atoms with Crippen molar-refractivity contribution in [2.45, 2.75) is 46.0 Å². The molecule has 8 aromatic rings. The third-order valence-electron chi connectivity index (χ3n) is 13.1. The van der Waals surface area contributed by atoms with Gasteiger partial charge >= 0.3 is 0 Å². The fourth-order valence-electron chi connectivity index (χ4n) is 9.49. The molecule has 0 N–H and O–H groups in total. The van der Waals surface area contributed by atoms with Gasteiger partial charge in [-0.2, -0.15) is 0 Å². The zero-order valence-electron chi connectivity index (χ0n) is 38.5. The van der Waals surface area contributed by atoms with Crippen molar-refractivity contribution in [2.24, 2.45) is 5.92 Å². The highest BCUT2D eigenvalue weighted by atomic mass is 15.2. The Kier molecular flexibility index (Phi) is 12.9. The summed E-state index contributed by atoms with van der Waals surface area (Å²) >= 11 is 0. The molecule has 0 saturated heterocycles. The van der Waals surface area contributed by atoms with E-state index < -0.39 is 0 Å². The second kappa shape index (κ2) is 20.1. The predicted molar refractivity (Wildman–Crippen MR) is 288 cm³/mol. The maximum atomic E-state index is 2.46. The van der Waals surface area contributed by atoms with E-state index in [2.05, 4.69) is 271 Å². The summed E-state index contributed by atoms with van der Waals surface area (Å²) in [4.78, 5) is 7.16. The van der Waals surface area contributed by atoms with Gasteiger partial charge in [0.25, 0.3) is 0 Å². The van der Waals surface area contributed by atoms with Crippen LogP contribution in [0.2, 0.25) is 0 Å². The molecule has 1 atom stereocenters. The molecule has 1 unspecified atom stereocenters. The SMILES string of the molecule is C/C=C/C=C(\C=C/c1ccc2ccccc2c1)N(C1=CCC(C)CC1)c1ccc(-c2ccc(N(c3ccccc3)c3ccc(N(c4ccccc4)c4ccc5c(c4)C=CCC5)cc3)cc2)cc1. The summed E-state index contributed by atoms with van der Waals surface area (Å²) < 4.78 is 0. The van der Waals surface area contributed by atoms with E-state index in [9.17, 15) is 0 Å². The van der Waals surface area contributed by atoms with Gasteiger partial charge < -0.3 is 14.7 Å². The molecule has 2 aliphatic carbocycles. The molecule has 0 aromatic heterocycles. The van der Waals surface area contributed by atoms with Crippen LogP contribution in [0.25, 0.3) is 34.1 Å². The molecule has 0 bridgehead atoms. The fourth-order valence-corrected chi connectivity index (χ4v) is 9.49. The van der Waals surface area contributed by atoms with Crippen molar-refractivity contribution in [3.05, 3.63) is 259 Å². The molecule has 0 radical (unpaired) electrons. The van der Waals surface area contributed by atoms with Gasteiger partial charge in [0, 0.05) is 51.2 Å². The van der Waals surface area contributed by atoms with E-state index in [0.29, 0.717) is 5.92 Å². The van der Waals surface area contributed by atoms with Gasteiger partial charge in [-0.1, -0.05) is 147 Å². The summed E-state index contributed by atoms with van der Waals surface area (Å²) in [7, 11) is 0. The van der Waals surface area contributed by atoms with E-state index in [1.165, 1.54) is 50.7 Å². The Balaban J connectivity index is 0.942. The standard InChI is InChI=1S/C64H57N3/c1-3-4-19-58(36-27-49-26-28-50-15-11-13-17-54(50)46-49)66(59-34-24-48(2)25-35-59)61-39-31-53(32-40-61)52-29-37-60(38-30-52)65(56-20-7-5-8-21-56)62-42-44-63(45-43-62)67(57-22-9-6-10-23-57)64-41-33-51-16-12-14-18-55(51)47-64/h3-11,13-15,17-23,26-34,36-48H,12,16,24-25,35H2,1-2H3/b4-3+,36-27-,58-19+. The van der Waals surface area contributed by atoms with E-state index in [0.717, 1.165) is 71.2 Å². The average molecular weight is 868 g/mol. The summed E-state index contributed by atoms with van der Waals surface area (Å²) in [5.41, 5.74) is 16.6. The van der Waals surface area contributed by atoms with Gasteiger partial charge in [0.15, 0.2) is 0 Å². The van der Waals surface area contributed by atoms with Crippen molar-refractivity contribution < 1.29 is 0 Å². The number of aryl methyl sites for hydroxylation is 1. The first-order valence-electron chi connectivity index (χ1n) is 23.9. The fraction of sp³-hybridized carbons (Fsp3) is 0.125. The number of hydrogen-bond acceptors (Lipinski definition) is 3. The molecule has 0 amide bonds. The van der Waals surface area contributed by atoms with Crippen molar-refractivity contribution in [3.8, 4) is 11.1 Å². The first-order chi connectivity index (χ1) is 33.1. The summed E-state index contributed by atoms with van der Waals surface area (Å²) in [5.74, 6) is 0.692. The summed E-state index contributed by atoms with van der Waals surface area (Å²) in [5, 5.41) is 2.51. The Bertz CT molecular complexity index is 3100. The Morgan fingerprint density at radius 1 is 0.537 bits per heavy atom. The first-order valence-corrected chi connectivity index (χ1v) is 23.9. The van der Waals surface area contributed by atoms with Gasteiger partial charge in [0.1, 0.15) is 0 Å². The van der Waals surface area contributed by atoms with E-state index in [1.807, 2.05) is 0 Å². The van der Waals surface area contributed by atoms with Gasteiger partial charge in [-0.15, -0.1) is 0 Å². The highest BCUT2D eigenvalue weighted by Crippen LogP contribution is 2.41. The highest BCUT2D eigenvalue weighted by Gasteiger charge is 2.21. The van der Waals surface area contributed by atoms with Gasteiger partial charge in [-0.05, 0) is 187 Å². The normalized spacial score (nSPS) is 14.9. The predicted octanol–water partition coefficient (Wildman–Crippen LogP) is 18.1. The number of nitrogens with zero attached hydrogens (tertiary/aromatic N) is 3. The van der Waals surface area contributed by atoms with E-state index >= 15 is 0 Å². The lowest BCUT2D eigenvalue weighted by molar-refractivity contribution is 0.509. The molecule has 67 heavy (non-hydrogen) atoms. The number of para-hydroxylation sites is 2. The summed E-state index contributed by atoms with van der Waals surface area (Å²) in [6.45, 7) is 4.44. The number of hydrogen-bond donors (Lipinski definition) is 0. The maximum Gasteiger partial charge on any atom is 0.0467 e. The van der Waals surface area contributed by atoms with Crippen molar-refractivity contribution in [1.29, 1.82) is 0 Å². The maximum absolute atomic E-state index is 2.46. The topological polar surface area (TPSA) is 9.72 Å². The number of fused-ring (bicyclic) bond motifs is 2. The Labute approximate surface area is 397 Å². The zero-order chi connectivity index (χ0) is 45.4. The van der Waals surface area contributed by atoms with Crippen LogP contribution >= 0.6 is 0 Å². The van der Waals surface area contributed by atoms with Crippen LogP contribution < -0.4 is 14.7 Å². The van der Waals surface area contributed by atoms with E-state index in [-0.39, 0.29) is 0 Å².